The van der Waals surface area contributed by atoms with E-state index in [9.17, 15) is 0 Å². The van der Waals surface area contributed by atoms with Crippen molar-refractivity contribution in [2.75, 3.05) is 0 Å². The number of nitrogens with one attached hydrogen (secondary N) is 1. The second-order valence-electron chi connectivity index (χ2n) is 7.45. The second-order valence-corrected chi connectivity index (χ2v) is 7.45. The van der Waals surface area contributed by atoms with Crippen LogP contribution in [0.25, 0.3) is 11.3 Å². The lowest BCUT2D eigenvalue weighted by Crippen LogP contribution is -2.28. The molecule has 1 saturated carbocycles. The van der Waals surface area contributed by atoms with E-state index in [-0.39, 0.29) is 0 Å². The lowest BCUT2D eigenvalue weighted by molar-refractivity contribution is 0.453. The summed E-state index contributed by atoms with van der Waals surface area (Å²) in [5.74, 6) is 0. The monoisotopic (exact) mass is 360 g/mol. The highest BCUT2D eigenvalue weighted by atomic mass is 15.5. The van der Waals surface area contributed by atoms with E-state index in [1.807, 2.05) is 16.9 Å². The standard InChI is InChI=1S/C23H28N4/c1-2-10-16-21(15-9-1)24-17-22-23(20-13-7-4-8-14-20)26-27(25-22)18-19-11-5-3-6-12-19/h3-8,11-14,21,24H,1-2,9-10,15-18H2. The lowest BCUT2D eigenvalue weighted by atomic mass is 10.1. The van der Waals surface area contributed by atoms with E-state index in [0.717, 1.165) is 23.5 Å². The van der Waals surface area contributed by atoms with Crippen molar-refractivity contribution in [3.63, 3.8) is 0 Å². The van der Waals surface area contributed by atoms with Crippen molar-refractivity contribution in [1.82, 2.24) is 20.3 Å². The van der Waals surface area contributed by atoms with Crippen molar-refractivity contribution in [3.05, 3.63) is 71.9 Å². The van der Waals surface area contributed by atoms with Crippen LogP contribution in [0.4, 0.5) is 0 Å². The molecule has 2 aromatic carbocycles. The molecule has 140 valence electrons. The molecule has 27 heavy (non-hydrogen) atoms. The van der Waals surface area contributed by atoms with Crippen molar-refractivity contribution in [3.8, 4) is 11.3 Å². The number of rotatable bonds is 6. The molecule has 1 aliphatic carbocycles. The Bertz CT molecular complexity index is 818. The number of hydrogen-bond donors (Lipinski definition) is 1. The molecular weight excluding hydrogens is 332 g/mol. The highest BCUT2D eigenvalue weighted by Crippen LogP contribution is 2.22. The predicted molar refractivity (Wildman–Crippen MR) is 109 cm³/mol. The van der Waals surface area contributed by atoms with Gasteiger partial charge in [-0.3, -0.25) is 0 Å². The summed E-state index contributed by atoms with van der Waals surface area (Å²) in [4.78, 5) is 1.84. The van der Waals surface area contributed by atoms with Crippen molar-refractivity contribution in [2.24, 2.45) is 0 Å². The summed E-state index contributed by atoms with van der Waals surface area (Å²) >= 11 is 0. The van der Waals surface area contributed by atoms with E-state index in [1.165, 1.54) is 44.1 Å². The first-order valence-electron chi connectivity index (χ1n) is 10.2. The first kappa shape index (κ1) is 17.9. The van der Waals surface area contributed by atoms with Gasteiger partial charge in [-0.25, -0.2) is 0 Å². The van der Waals surface area contributed by atoms with E-state index < -0.39 is 0 Å². The van der Waals surface area contributed by atoms with Crippen LogP contribution in [0, 0.1) is 0 Å². The maximum atomic E-state index is 4.83. The van der Waals surface area contributed by atoms with Crippen LogP contribution in [0.15, 0.2) is 60.7 Å². The van der Waals surface area contributed by atoms with Crippen LogP contribution in [0.2, 0.25) is 0 Å². The summed E-state index contributed by atoms with van der Waals surface area (Å²) in [5.41, 5.74) is 4.39. The highest BCUT2D eigenvalue weighted by Gasteiger charge is 2.16. The normalized spacial score (nSPS) is 15.6. The molecule has 3 aromatic rings. The molecule has 0 bridgehead atoms. The van der Waals surface area contributed by atoms with Crippen molar-refractivity contribution in [1.29, 1.82) is 0 Å². The fourth-order valence-electron chi connectivity index (χ4n) is 3.86. The van der Waals surface area contributed by atoms with Crippen molar-refractivity contribution >= 4 is 0 Å². The molecule has 1 aromatic heterocycles. The first-order valence-corrected chi connectivity index (χ1v) is 10.2. The van der Waals surface area contributed by atoms with Crippen LogP contribution in [0.5, 0.6) is 0 Å². The van der Waals surface area contributed by atoms with Gasteiger partial charge in [-0.15, -0.1) is 0 Å². The Labute approximate surface area is 161 Å². The Morgan fingerprint density at radius 3 is 2.19 bits per heavy atom. The van der Waals surface area contributed by atoms with Crippen LogP contribution in [0.3, 0.4) is 0 Å². The predicted octanol–water partition coefficient (Wildman–Crippen LogP) is 4.81. The molecule has 4 heteroatoms. The Morgan fingerprint density at radius 2 is 1.48 bits per heavy atom. The molecule has 0 radical (unpaired) electrons. The van der Waals surface area contributed by atoms with E-state index in [2.05, 4.69) is 53.8 Å². The quantitative estimate of drug-likeness (QED) is 0.642. The molecule has 1 N–H and O–H groups in total. The first-order chi connectivity index (χ1) is 13.4. The Morgan fingerprint density at radius 1 is 0.815 bits per heavy atom. The average molecular weight is 361 g/mol. The van der Waals surface area contributed by atoms with E-state index in [1.54, 1.807) is 0 Å². The third kappa shape index (κ3) is 4.83. The Kier molecular flexibility index (Phi) is 5.95. The van der Waals surface area contributed by atoms with E-state index >= 15 is 0 Å². The van der Waals surface area contributed by atoms with Crippen LogP contribution < -0.4 is 5.32 Å². The lowest BCUT2D eigenvalue weighted by Gasteiger charge is -2.15. The molecule has 0 aliphatic heterocycles. The van der Waals surface area contributed by atoms with Gasteiger partial charge in [0.05, 0.1) is 6.54 Å². The molecule has 1 fully saturated rings. The molecular formula is C23H28N4. The highest BCUT2D eigenvalue weighted by molar-refractivity contribution is 5.60. The van der Waals surface area contributed by atoms with Gasteiger partial charge in [0.25, 0.3) is 0 Å². The van der Waals surface area contributed by atoms with Crippen molar-refractivity contribution < 1.29 is 0 Å². The molecule has 1 aliphatic rings. The van der Waals surface area contributed by atoms with Gasteiger partial charge < -0.3 is 5.32 Å². The van der Waals surface area contributed by atoms with Gasteiger partial charge in [0.15, 0.2) is 0 Å². The van der Waals surface area contributed by atoms with Gasteiger partial charge in [0.1, 0.15) is 11.4 Å². The maximum absolute atomic E-state index is 4.83. The van der Waals surface area contributed by atoms with Crippen molar-refractivity contribution in [2.45, 2.75) is 57.7 Å². The minimum atomic E-state index is 0.607. The summed E-state index contributed by atoms with van der Waals surface area (Å²) in [5, 5.41) is 13.4. The third-order valence-corrected chi connectivity index (χ3v) is 5.35. The molecule has 0 unspecified atom stereocenters. The van der Waals surface area contributed by atoms with Crippen LogP contribution >= 0.6 is 0 Å². The molecule has 0 atom stereocenters. The minimum absolute atomic E-state index is 0.607. The fourth-order valence-corrected chi connectivity index (χ4v) is 3.86. The zero-order chi connectivity index (χ0) is 18.3. The minimum Gasteiger partial charge on any atom is -0.308 e. The summed E-state index contributed by atoms with van der Waals surface area (Å²) in [7, 11) is 0. The molecule has 0 amide bonds. The summed E-state index contributed by atoms with van der Waals surface area (Å²) in [6, 6.07) is 21.4. The number of aromatic nitrogens is 3. The average Bonchev–Trinajstić information content (AvgIpc) is 2.93. The number of hydrogen-bond acceptors (Lipinski definition) is 3. The molecule has 1 heterocycles. The second kappa shape index (κ2) is 8.96. The van der Waals surface area contributed by atoms with Gasteiger partial charge in [-0.2, -0.15) is 15.0 Å². The van der Waals surface area contributed by atoms with Crippen LogP contribution in [-0.2, 0) is 13.1 Å². The zero-order valence-electron chi connectivity index (χ0n) is 15.8. The van der Waals surface area contributed by atoms with Gasteiger partial charge in [-0.1, -0.05) is 86.3 Å². The number of benzene rings is 2. The Hall–Kier alpha value is -2.46. The zero-order valence-corrected chi connectivity index (χ0v) is 15.8. The van der Waals surface area contributed by atoms with Gasteiger partial charge in [0, 0.05) is 18.2 Å². The van der Waals surface area contributed by atoms with E-state index in [4.69, 9.17) is 10.2 Å². The summed E-state index contributed by atoms with van der Waals surface area (Å²) in [6.45, 7) is 1.48. The molecule has 0 saturated heterocycles. The SMILES string of the molecule is c1ccc(Cn2nc(CNC3CCCCCC3)c(-c3ccccc3)n2)cc1. The maximum Gasteiger partial charge on any atom is 0.117 e. The number of nitrogens with zero attached hydrogens (tertiary/aromatic N) is 3. The smallest absolute Gasteiger partial charge is 0.117 e. The molecule has 4 nitrogen and oxygen atoms in total. The summed E-state index contributed by atoms with van der Waals surface area (Å²) < 4.78 is 0. The molecule has 0 spiro atoms. The summed E-state index contributed by atoms with van der Waals surface area (Å²) in [6.07, 6.45) is 7.98. The van der Waals surface area contributed by atoms with Crippen LogP contribution in [0.1, 0.15) is 49.8 Å². The largest absolute Gasteiger partial charge is 0.308 e. The van der Waals surface area contributed by atoms with E-state index in [0.29, 0.717) is 12.6 Å². The molecule has 4 rings (SSSR count). The Balaban J connectivity index is 1.54. The topological polar surface area (TPSA) is 42.7 Å². The van der Waals surface area contributed by atoms with Gasteiger partial charge >= 0.3 is 0 Å². The third-order valence-electron chi connectivity index (χ3n) is 5.35. The van der Waals surface area contributed by atoms with Gasteiger partial charge in [-0.05, 0) is 18.4 Å². The fraction of sp³-hybridized carbons (Fsp3) is 0.391. The van der Waals surface area contributed by atoms with Gasteiger partial charge in [0.2, 0.25) is 0 Å². The van der Waals surface area contributed by atoms with Crippen LogP contribution in [-0.4, -0.2) is 21.0 Å².